The van der Waals surface area contributed by atoms with Gasteiger partial charge >= 0.3 is 0 Å². The molecule has 4 aliphatic rings. The van der Waals surface area contributed by atoms with E-state index in [0.29, 0.717) is 12.0 Å². The summed E-state index contributed by atoms with van der Waals surface area (Å²) in [5.74, 6) is 0.830. The van der Waals surface area contributed by atoms with Gasteiger partial charge in [-0.25, -0.2) is 0 Å². The van der Waals surface area contributed by atoms with Gasteiger partial charge in [-0.05, 0) is 38.1 Å². The number of likely N-dealkylation sites (tertiary alicyclic amines) is 2. The lowest BCUT2D eigenvalue weighted by Gasteiger charge is -2.56. The fourth-order valence-corrected chi connectivity index (χ4v) is 5.13. The van der Waals surface area contributed by atoms with Gasteiger partial charge in [-0.3, -0.25) is 4.79 Å². The first-order valence-corrected chi connectivity index (χ1v) is 8.45. The van der Waals surface area contributed by atoms with Crippen molar-refractivity contribution in [3.05, 3.63) is 12.2 Å². The first kappa shape index (κ1) is 13.8. The smallest absolute Gasteiger partial charge is 0.220 e. The van der Waals surface area contributed by atoms with Gasteiger partial charge in [-0.15, -0.1) is 0 Å². The average molecular weight is 290 g/mol. The number of nitrogens with zero attached hydrogens (tertiary/aromatic N) is 2. The maximum atomic E-state index is 12.3. The third-order valence-electron chi connectivity index (χ3n) is 6.39. The Morgan fingerprint density at radius 3 is 2.76 bits per heavy atom. The molecule has 0 aliphatic carbocycles. The molecule has 21 heavy (non-hydrogen) atoms. The SMILES string of the molecule is CCN1CCC2(CC1)C[C@H]1C[C@@H]3C=C[C@]1(CN2C(C)=O)O3. The van der Waals surface area contributed by atoms with Crippen molar-refractivity contribution in [1.29, 1.82) is 0 Å². The monoisotopic (exact) mass is 290 g/mol. The Bertz CT molecular complexity index is 481. The summed E-state index contributed by atoms with van der Waals surface area (Å²) in [5.41, 5.74) is -0.0709. The summed E-state index contributed by atoms with van der Waals surface area (Å²) >= 11 is 0. The number of fused-ring (bicyclic) bond motifs is 1. The van der Waals surface area contributed by atoms with Crippen LogP contribution in [0.5, 0.6) is 0 Å². The molecule has 116 valence electrons. The lowest BCUT2D eigenvalue weighted by molar-refractivity contribution is -0.154. The summed E-state index contributed by atoms with van der Waals surface area (Å²) in [6.07, 6.45) is 9.28. The van der Waals surface area contributed by atoms with Gasteiger partial charge in [0.2, 0.25) is 5.91 Å². The number of carbonyl (C=O) groups excluding carboxylic acids is 1. The normalized spacial score (nSPS) is 40.8. The summed E-state index contributed by atoms with van der Waals surface area (Å²) < 4.78 is 6.21. The number of ether oxygens (including phenoxy) is 1. The second-order valence-corrected chi connectivity index (χ2v) is 7.37. The molecular formula is C17H26N2O2. The van der Waals surface area contributed by atoms with E-state index in [1.807, 2.05) is 0 Å². The Morgan fingerprint density at radius 1 is 1.38 bits per heavy atom. The molecule has 4 nitrogen and oxygen atoms in total. The molecule has 1 amide bonds. The zero-order valence-corrected chi connectivity index (χ0v) is 13.2. The fraction of sp³-hybridized carbons (Fsp3) is 0.824. The molecule has 2 bridgehead atoms. The largest absolute Gasteiger partial charge is 0.361 e. The Balaban J connectivity index is 1.62. The fourth-order valence-electron chi connectivity index (χ4n) is 5.13. The van der Waals surface area contributed by atoms with Crippen LogP contribution in [0.25, 0.3) is 0 Å². The van der Waals surface area contributed by atoms with Crippen LogP contribution in [0, 0.1) is 5.92 Å². The van der Waals surface area contributed by atoms with Crippen LogP contribution in [0.3, 0.4) is 0 Å². The summed E-state index contributed by atoms with van der Waals surface area (Å²) in [5, 5.41) is 0. The predicted octanol–water partition coefficient (Wildman–Crippen LogP) is 1.81. The van der Waals surface area contributed by atoms with Crippen LogP contribution in [0.1, 0.15) is 39.5 Å². The Morgan fingerprint density at radius 2 is 2.14 bits per heavy atom. The van der Waals surface area contributed by atoms with E-state index in [0.717, 1.165) is 51.9 Å². The second kappa shape index (κ2) is 4.56. The van der Waals surface area contributed by atoms with Gasteiger partial charge in [0, 0.05) is 25.6 Å². The van der Waals surface area contributed by atoms with Crippen molar-refractivity contribution in [2.45, 2.75) is 56.8 Å². The van der Waals surface area contributed by atoms with E-state index in [2.05, 4.69) is 28.9 Å². The molecule has 3 fully saturated rings. The Hall–Kier alpha value is -0.870. The van der Waals surface area contributed by atoms with Crippen molar-refractivity contribution in [3.63, 3.8) is 0 Å². The number of piperidine rings is 2. The minimum absolute atomic E-state index is 0.0924. The Labute approximate surface area is 127 Å². The molecule has 0 aromatic heterocycles. The molecule has 3 saturated heterocycles. The first-order chi connectivity index (χ1) is 10.1. The van der Waals surface area contributed by atoms with E-state index in [4.69, 9.17) is 4.74 Å². The molecule has 2 spiro atoms. The molecule has 4 aliphatic heterocycles. The van der Waals surface area contributed by atoms with Crippen LogP contribution in [-0.2, 0) is 9.53 Å². The van der Waals surface area contributed by atoms with E-state index >= 15 is 0 Å². The molecule has 0 aromatic carbocycles. The van der Waals surface area contributed by atoms with Crippen molar-refractivity contribution in [2.75, 3.05) is 26.2 Å². The summed E-state index contributed by atoms with van der Waals surface area (Å²) in [4.78, 5) is 17.0. The molecule has 0 unspecified atom stereocenters. The zero-order valence-electron chi connectivity index (χ0n) is 13.2. The van der Waals surface area contributed by atoms with Crippen molar-refractivity contribution in [3.8, 4) is 0 Å². The molecular weight excluding hydrogens is 264 g/mol. The minimum atomic E-state index is -0.163. The maximum Gasteiger partial charge on any atom is 0.220 e. The van der Waals surface area contributed by atoms with Gasteiger partial charge in [-0.2, -0.15) is 0 Å². The molecule has 4 heteroatoms. The summed E-state index contributed by atoms with van der Waals surface area (Å²) in [6.45, 7) is 8.10. The second-order valence-electron chi connectivity index (χ2n) is 7.37. The van der Waals surface area contributed by atoms with Crippen LogP contribution in [0.4, 0.5) is 0 Å². The van der Waals surface area contributed by atoms with Crippen LogP contribution >= 0.6 is 0 Å². The van der Waals surface area contributed by atoms with Crippen molar-refractivity contribution in [1.82, 2.24) is 9.80 Å². The number of hydrogen-bond donors (Lipinski definition) is 0. The van der Waals surface area contributed by atoms with Crippen molar-refractivity contribution < 1.29 is 9.53 Å². The molecule has 0 N–H and O–H groups in total. The highest BCUT2D eigenvalue weighted by atomic mass is 16.5. The van der Waals surface area contributed by atoms with E-state index in [9.17, 15) is 4.79 Å². The maximum absolute atomic E-state index is 12.3. The van der Waals surface area contributed by atoms with Gasteiger partial charge in [-0.1, -0.05) is 19.1 Å². The Kier molecular flexibility index (Phi) is 2.99. The standard InChI is InChI=1S/C17H26N2O2/c1-3-18-8-6-16(7-9-18)11-14-10-15-4-5-17(14,21-15)12-19(16)13(2)20/h4-5,14-15H,3,6-12H2,1-2H3/t14-,15+,17-/m1/s1. The van der Waals surface area contributed by atoms with Crippen molar-refractivity contribution in [2.24, 2.45) is 5.92 Å². The van der Waals surface area contributed by atoms with Gasteiger partial charge < -0.3 is 14.5 Å². The van der Waals surface area contributed by atoms with Gasteiger partial charge in [0.1, 0.15) is 5.60 Å². The van der Waals surface area contributed by atoms with Crippen LogP contribution in [-0.4, -0.2) is 59.1 Å². The van der Waals surface area contributed by atoms with Crippen LogP contribution in [0.2, 0.25) is 0 Å². The molecule has 0 aromatic rings. The topological polar surface area (TPSA) is 32.8 Å². The van der Waals surface area contributed by atoms with Crippen LogP contribution < -0.4 is 0 Å². The first-order valence-electron chi connectivity index (χ1n) is 8.45. The zero-order chi connectivity index (χ0) is 14.7. The quantitative estimate of drug-likeness (QED) is 0.691. The van der Waals surface area contributed by atoms with E-state index in [1.54, 1.807) is 6.92 Å². The molecule has 0 radical (unpaired) electrons. The van der Waals surface area contributed by atoms with Crippen LogP contribution in [0.15, 0.2) is 12.2 Å². The summed E-state index contributed by atoms with van der Waals surface area (Å²) in [7, 11) is 0. The summed E-state index contributed by atoms with van der Waals surface area (Å²) in [6, 6.07) is 0. The third-order valence-corrected chi connectivity index (χ3v) is 6.39. The lowest BCUT2D eigenvalue weighted by atomic mass is 9.67. The average Bonchev–Trinajstić information content (AvgIpc) is 3.03. The highest BCUT2D eigenvalue weighted by Crippen LogP contribution is 2.53. The number of rotatable bonds is 1. The lowest BCUT2D eigenvalue weighted by Crippen LogP contribution is -2.66. The van der Waals surface area contributed by atoms with Gasteiger partial charge in [0.05, 0.1) is 12.6 Å². The number of hydrogen-bond acceptors (Lipinski definition) is 3. The number of carbonyl (C=O) groups is 1. The van der Waals surface area contributed by atoms with Gasteiger partial charge in [0.25, 0.3) is 0 Å². The molecule has 4 rings (SSSR count). The molecule has 3 atom stereocenters. The van der Waals surface area contributed by atoms with Gasteiger partial charge in [0.15, 0.2) is 0 Å². The number of amides is 1. The molecule has 4 heterocycles. The third kappa shape index (κ3) is 1.92. The van der Waals surface area contributed by atoms with Crippen molar-refractivity contribution >= 4 is 5.91 Å². The molecule has 0 saturated carbocycles. The highest BCUT2D eigenvalue weighted by Gasteiger charge is 2.59. The van der Waals surface area contributed by atoms with E-state index in [-0.39, 0.29) is 17.0 Å². The highest BCUT2D eigenvalue weighted by molar-refractivity contribution is 5.74. The predicted molar refractivity (Wildman–Crippen MR) is 80.9 cm³/mol. The minimum Gasteiger partial charge on any atom is -0.361 e. The van der Waals surface area contributed by atoms with E-state index < -0.39 is 0 Å². The van der Waals surface area contributed by atoms with E-state index in [1.165, 1.54) is 0 Å².